The van der Waals surface area contributed by atoms with Crippen LogP contribution in [0, 0.1) is 0 Å². The van der Waals surface area contributed by atoms with Crippen LogP contribution in [0.5, 0.6) is 0 Å². The number of nitrogens with zero attached hydrogens (tertiary/aromatic N) is 3. The van der Waals surface area contributed by atoms with E-state index in [0.29, 0.717) is 0 Å². The second-order valence-corrected chi connectivity index (χ2v) is 6.84. The second-order valence-electron chi connectivity index (χ2n) is 5.86. The zero-order valence-corrected chi connectivity index (χ0v) is 13.9. The van der Waals surface area contributed by atoms with Crippen LogP contribution in [0.15, 0.2) is 43.0 Å². The molecule has 0 radical (unpaired) electrons. The summed E-state index contributed by atoms with van der Waals surface area (Å²) < 4.78 is 2.14. The summed E-state index contributed by atoms with van der Waals surface area (Å²) in [7, 11) is 0. The number of rotatable bonds is 6. The first-order valence-electron chi connectivity index (χ1n) is 8.09. The predicted molar refractivity (Wildman–Crippen MR) is 96.7 cm³/mol. The third kappa shape index (κ3) is 3.06. The maximum atomic E-state index is 4.82. The van der Waals surface area contributed by atoms with Crippen molar-refractivity contribution in [1.29, 1.82) is 0 Å². The van der Waals surface area contributed by atoms with E-state index in [9.17, 15) is 0 Å². The van der Waals surface area contributed by atoms with Gasteiger partial charge < -0.3 is 9.88 Å². The van der Waals surface area contributed by atoms with Gasteiger partial charge in [0, 0.05) is 53.6 Å². The SMILES string of the molecule is c1ccc2c(NCCCCn3ccnc3)c3c(nc2c1)CSC3. The molecule has 0 bridgehead atoms. The minimum absolute atomic E-state index is 1.000. The summed E-state index contributed by atoms with van der Waals surface area (Å²) in [6.07, 6.45) is 8.05. The van der Waals surface area contributed by atoms with E-state index in [1.165, 1.54) is 22.3 Å². The summed E-state index contributed by atoms with van der Waals surface area (Å²) >= 11 is 1.96. The van der Waals surface area contributed by atoms with E-state index in [-0.39, 0.29) is 0 Å². The number of fused-ring (bicyclic) bond motifs is 2. The fourth-order valence-electron chi connectivity index (χ4n) is 3.08. The number of nitrogens with one attached hydrogen (secondary N) is 1. The molecule has 3 aromatic rings. The van der Waals surface area contributed by atoms with Crippen molar-refractivity contribution in [2.45, 2.75) is 30.9 Å². The summed E-state index contributed by atoms with van der Waals surface area (Å²) in [5, 5.41) is 4.94. The van der Waals surface area contributed by atoms with Crippen LogP contribution in [-0.2, 0) is 18.1 Å². The van der Waals surface area contributed by atoms with Crippen molar-refractivity contribution in [3.05, 3.63) is 54.2 Å². The zero-order valence-electron chi connectivity index (χ0n) is 13.0. The molecule has 0 unspecified atom stereocenters. The van der Waals surface area contributed by atoms with Gasteiger partial charge in [0.2, 0.25) is 0 Å². The molecule has 118 valence electrons. The van der Waals surface area contributed by atoms with Crippen LogP contribution in [0.2, 0.25) is 0 Å². The van der Waals surface area contributed by atoms with E-state index in [1.807, 2.05) is 30.5 Å². The highest BCUT2D eigenvalue weighted by molar-refractivity contribution is 7.98. The van der Waals surface area contributed by atoms with Crippen molar-refractivity contribution in [2.24, 2.45) is 0 Å². The Bertz CT molecular complexity index is 798. The van der Waals surface area contributed by atoms with E-state index in [0.717, 1.165) is 43.0 Å². The lowest BCUT2D eigenvalue weighted by molar-refractivity contribution is 0.621. The summed E-state index contributed by atoms with van der Waals surface area (Å²) in [6, 6.07) is 8.46. The molecular formula is C18H20N4S. The van der Waals surface area contributed by atoms with Gasteiger partial charge in [-0.05, 0) is 18.9 Å². The second kappa shape index (κ2) is 6.62. The number of pyridine rings is 1. The number of imidazole rings is 1. The van der Waals surface area contributed by atoms with Gasteiger partial charge in [0.15, 0.2) is 0 Å². The lowest BCUT2D eigenvalue weighted by Gasteiger charge is -2.14. The molecule has 0 saturated carbocycles. The maximum Gasteiger partial charge on any atom is 0.0945 e. The molecule has 1 N–H and O–H groups in total. The Hall–Kier alpha value is -2.01. The first-order chi connectivity index (χ1) is 11.4. The molecule has 23 heavy (non-hydrogen) atoms. The van der Waals surface area contributed by atoms with E-state index in [1.54, 1.807) is 0 Å². The minimum Gasteiger partial charge on any atom is -0.384 e. The Morgan fingerprint density at radius 2 is 2.13 bits per heavy atom. The first-order valence-corrected chi connectivity index (χ1v) is 9.25. The van der Waals surface area contributed by atoms with Crippen LogP contribution in [0.1, 0.15) is 24.1 Å². The minimum atomic E-state index is 1.000. The topological polar surface area (TPSA) is 42.7 Å². The Labute approximate surface area is 140 Å². The molecule has 0 spiro atoms. The van der Waals surface area contributed by atoms with Gasteiger partial charge >= 0.3 is 0 Å². The number of para-hydroxylation sites is 1. The molecular weight excluding hydrogens is 304 g/mol. The van der Waals surface area contributed by atoms with Crippen LogP contribution in [0.3, 0.4) is 0 Å². The number of thioether (sulfide) groups is 1. The van der Waals surface area contributed by atoms with E-state index in [4.69, 9.17) is 4.98 Å². The number of unbranched alkanes of at least 4 members (excludes halogenated alkanes) is 1. The molecule has 0 fully saturated rings. The fraction of sp³-hybridized carbons (Fsp3) is 0.333. The number of hydrogen-bond acceptors (Lipinski definition) is 4. The van der Waals surface area contributed by atoms with Gasteiger partial charge in [-0.15, -0.1) is 0 Å². The molecule has 4 nitrogen and oxygen atoms in total. The molecule has 4 rings (SSSR count). The summed E-state index contributed by atoms with van der Waals surface area (Å²) in [5.74, 6) is 2.11. The van der Waals surface area contributed by atoms with E-state index < -0.39 is 0 Å². The van der Waals surface area contributed by atoms with Crippen LogP contribution in [-0.4, -0.2) is 21.1 Å². The highest BCUT2D eigenvalue weighted by Crippen LogP contribution is 2.37. The van der Waals surface area contributed by atoms with Gasteiger partial charge in [-0.2, -0.15) is 11.8 Å². The summed E-state index contributed by atoms with van der Waals surface area (Å²) in [6.45, 7) is 2.03. The lowest BCUT2D eigenvalue weighted by atomic mass is 10.1. The van der Waals surface area contributed by atoms with Crippen molar-refractivity contribution >= 4 is 28.4 Å². The lowest BCUT2D eigenvalue weighted by Crippen LogP contribution is -2.07. The molecule has 5 heteroatoms. The van der Waals surface area contributed by atoms with Gasteiger partial charge in [-0.1, -0.05) is 18.2 Å². The molecule has 0 aliphatic carbocycles. The quantitative estimate of drug-likeness (QED) is 0.694. The zero-order chi connectivity index (χ0) is 15.5. The number of aromatic nitrogens is 3. The Morgan fingerprint density at radius 3 is 3.04 bits per heavy atom. The summed E-state index contributed by atoms with van der Waals surface area (Å²) in [5.41, 5.74) is 5.07. The van der Waals surface area contributed by atoms with Crippen molar-refractivity contribution < 1.29 is 0 Å². The average Bonchev–Trinajstić information content (AvgIpc) is 3.24. The van der Waals surface area contributed by atoms with Crippen LogP contribution < -0.4 is 5.32 Å². The molecule has 0 amide bonds. The number of hydrogen-bond donors (Lipinski definition) is 1. The fourth-order valence-corrected chi connectivity index (χ4v) is 4.13. The van der Waals surface area contributed by atoms with E-state index >= 15 is 0 Å². The van der Waals surface area contributed by atoms with Crippen molar-refractivity contribution in [1.82, 2.24) is 14.5 Å². The Kier molecular flexibility index (Phi) is 4.20. The van der Waals surface area contributed by atoms with Gasteiger partial charge in [-0.25, -0.2) is 4.98 Å². The van der Waals surface area contributed by atoms with Crippen molar-refractivity contribution in [3.8, 4) is 0 Å². The van der Waals surface area contributed by atoms with Crippen LogP contribution in [0.25, 0.3) is 10.9 Å². The Balaban J connectivity index is 1.46. The average molecular weight is 324 g/mol. The van der Waals surface area contributed by atoms with Crippen LogP contribution >= 0.6 is 11.8 Å². The highest BCUT2D eigenvalue weighted by atomic mass is 32.2. The Morgan fingerprint density at radius 1 is 1.17 bits per heavy atom. The van der Waals surface area contributed by atoms with Gasteiger partial charge in [0.05, 0.1) is 17.5 Å². The molecule has 1 aromatic carbocycles. The normalized spacial score (nSPS) is 13.4. The van der Waals surface area contributed by atoms with Gasteiger partial charge in [0.25, 0.3) is 0 Å². The first kappa shape index (κ1) is 14.6. The molecule has 3 heterocycles. The molecule has 1 aliphatic heterocycles. The number of anilines is 1. The van der Waals surface area contributed by atoms with E-state index in [2.05, 4.69) is 39.1 Å². The van der Waals surface area contributed by atoms with Crippen LogP contribution in [0.4, 0.5) is 5.69 Å². The number of aryl methyl sites for hydroxylation is 1. The molecule has 0 saturated heterocycles. The molecule has 1 aliphatic rings. The third-order valence-corrected chi connectivity index (χ3v) is 5.24. The standard InChI is InChI=1S/C18H20N4S/c1-2-6-16-14(5-1)18(15-11-23-12-17(15)21-16)20-7-3-4-9-22-10-8-19-13-22/h1-2,5-6,8,10,13H,3-4,7,9,11-12H2,(H,20,21). The highest BCUT2D eigenvalue weighted by Gasteiger charge is 2.19. The molecule has 2 aromatic heterocycles. The van der Waals surface area contributed by atoms with Crippen molar-refractivity contribution in [2.75, 3.05) is 11.9 Å². The number of benzene rings is 1. The smallest absolute Gasteiger partial charge is 0.0945 e. The largest absolute Gasteiger partial charge is 0.384 e. The van der Waals surface area contributed by atoms with Crippen molar-refractivity contribution in [3.63, 3.8) is 0 Å². The monoisotopic (exact) mass is 324 g/mol. The third-order valence-electron chi connectivity index (χ3n) is 4.27. The predicted octanol–water partition coefficient (Wildman–Crippen LogP) is 4.07. The van der Waals surface area contributed by atoms with Gasteiger partial charge in [-0.3, -0.25) is 4.98 Å². The maximum absolute atomic E-state index is 4.82. The summed E-state index contributed by atoms with van der Waals surface area (Å²) in [4.78, 5) is 8.90. The molecule has 0 atom stereocenters. The van der Waals surface area contributed by atoms with Gasteiger partial charge in [0.1, 0.15) is 0 Å².